The molecule has 0 saturated carbocycles. The molecule has 0 radical (unpaired) electrons. The zero-order valence-corrected chi connectivity index (χ0v) is 10.9. The van der Waals surface area contributed by atoms with Crippen LogP contribution in [-0.2, 0) is 6.54 Å². The van der Waals surface area contributed by atoms with Crippen LogP contribution < -0.4 is 15.4 Å². The van der Waals surface area contributed by atoms with Crippen molar-refractivity contribution < 1.29 is 9.53 Å². The van der Waals surface area contributed by atoms with Gasteiger partial charge in [-0.1, -0.05) is 17.3 Å². The number of ether oxygens (including phenoxy) is 1. The van der Waals surface area contributed by atoms with E-state index in [9.17, 15) is 4.79 Å². The molecule has 0 saturated heterocycles. The lowest BCUT2D eigenvalue weighted by atomic mass is 10.2. The summed E-state index contributed by atoms with van der Waals surface area (Å²) in [5.74, 6) is 0.533. The predicted molar refractivity (Wildman–Crippen MR) is 72.7 cm³/mol. The summed E-state index contributed by atoms with van der Waals surface area (Å²) in [6, 6.07) is 7.46. The van der Waals surface area contributed by atoms with Crippen molar-refractivity contribution in [3.8, 4) is 5.75 Å². The number of para-hydroxylation sites is 2. The van der Waals surface area contributed by atoms with Crippen LogP contribution in [-0.4, -0.2) is 40.6 Å². The Labute approximate surface area is 115 Å². The van der Waals surface area contributed by atoms with Crippen LogP contribution >= 0.6 is 0 Å². The second kappa shape index (κ2) is 5.30. The van der Waals surface area contributed by atoms with Gasteiger partial charge in [0, 0.05) is 6.54 Å². The second-order valence-electron chi connectivity index (χ2n) is 4.43. The Bertz CT molecular complexity index is 625. The van der Waals surface area contributed by atoms with Gasteiger partial charge in [0.2, 0.25) is 0 Å². The monoisotopic (exact) mass is 273 g/mol. The number of carbonyl (C=O) groups is 1. The Morgan fingerprint density at radius 3 is 3.10 bits per heavy atom. The average molecular weight is 273 g/mol. The summed E-state index contributed by atoms with van der Waals surface area (Å²) < 4.78 is 7.10. The minimum Gasteiger partial charge on any atom is -0.490 e. The highest BCUT2D eigenvalue weighted by molar-refractivity contribution is 6.05. The van der Waals surface area contributed by atoms with E-state index < -0.39 is 0 Å². The number of benzene rings is 1. The van der Waals surface area contributed by atoms with Crippen molar-refractivity contribution in [1.82, 2.24) is 15.0 Å². The van der Waals surface area contributed by atoms with Gasteiger partial charge in [0.25, 0.3) is 5.91 Å². The summed E-state index contributed by atoms with van der Waals surface area (Å²) in [5, 5.41) is 7.79. The molecule has 20 heavy (non-hydrogen) atoms. The normalized spacial score (nSPS) is 13.8. The molecule has 0 aliphatic carbocycles. The van der Waals surface area contributed by atoms with Crippen LogP contribution in [0.15, 0.2) is 30.5 Å². The number of amides is 1. The van der Waals surface area contributed by atoms with Gasteiger partial charge >= 0.3 is 0 Å². The first-order chi connectivity index (χ1) is 9.79. The fourth-order valence-corrected chi connectivity index (χ4v) is 2.16. The number of fused-ring (bicyclic) bond motifs is 1. The van der Waals surface area contributed by atoms with Crippen LogP contribution in [0.3, 0.4) is 0 Å². The number of anilines is 1. The largest absolute Gasteiger partial charge is 0.490 e. The van der Waals surface area contributed by atoms with E-state index in [0.717, 1.165) is 5.69 Å². The maximum Gasteiger partial charge on any atom is 0.280 e. The van der Waals surface area contributed by atoms with Crippen LogP contribution in [0.2, 0.25) is 0 Å². The highest BCUT2D eigenvalue weighted by Crippen LogP contribution is 2.31. The lowest BCUT2D eigenvalue weighted by Crippen LogP contribution is -2.38. The summed E-state index contributed by atoms with van der Waals surface area (Å²) in [5.41, 5.74) is 6.53. The molecule has 1 amide bonds. The third-order valence-electron chi connectivity index (χ3n) is 3.09. The molecule has 1 aliphatic heterocycles. The van der Waals surface area contributed by atoms with Crippen molar-refractivity contribution in [2.45, 2.75) is 6.54 Å². The van der Waals surface area contributed by atoms with Crippen LogP contribution in [0.5, 0.6) is 5.75 Å². The zero-order valence-electron chi connectivity index (χ0n) is 10.9. The van der Waals surface area contributed by atoms with E-state index in [2.05, 4.69) is 10.3 Å². The Morgan fingerprint density at radius 2 is 2.25 bits per heavy atom. The second-order valence-corrected chi connectivity index (χ2v) is 4.43. The summed E-state index contributed by atoms with van der Waals surface area (Å²) in [6.07, 6.45) is 1.62. The molecular formula is C13H15N5O2. The van der Waals surface area contributed by atoms with E-state index in [1.165, 1.54) is 0 Å². The maximum absolute atomic E-state index is 12.5. The van der Waals surface area contributed by atoms with E-state index in [1.54, 1.807) is 15.8 Å². The maximum atomic E-state index is 12.5. The molecule has 0 bridgehead atoms. The third kappa shape index (κ3) is 2.23. The summed E-state index contributed by atoms with van der Waals surface area (Å²) in [6.45, 7) is 1.97. The van der Waals surface area contributed by atoms with Gasteiger partial charge in [-0.15, -0.1) is 5.10 Å². The van der Waals surface area contributed by atoms with Crippen molar-refractivity contribution in [3.05, 3.63) is 36.2 Å². The summed E-state index contributed by atoms with van der Waals surface area (Å²) in [7, 11) is 0. The molecular weight excluding hydrogens is 258 g/mol. The molecule has 0 unspecified atom stereocenters. The van der Waals surface area contributed by atoms with E-state index in [-0.39, 0.29) is 5.91 Å². The Balaban J connectivity index is 1.87. The van der Waals surface area contributed by atoms with Crippen LogP contribution in [0.1, 0.15) is 10.5 Å². The van der Waals surface area contributed by atoms with Gasteiger partial charge in [0.05, 0.1) is 25.0 Å². The third-order valence-corrected chi connectivity index (χ3v) is 3.09. The lowest BCUT2D eigenvalue weighted by molar-refractivity contribution is 0.0971. The molecule has 2 N–H and O–H groups in total. The van der Waals surface area contributed by atoms with E-state index in [4.69, 9.17) is 10.5 Å². The average Bonchev–Trinajstić information content (AvgIpc) is 2.95. The topological polar surface area (TPSA) is 86.3 Å². The molecule has 2 heterocycles. The lowest BCUT2D eigenvalue weighted by Gasteiger charge is -2.28. The van der Waals surface area contributed by atoms with Crippen molar-refractivity contribution in [2.75, 3.05) is 24.6 Å². The molecule has 7 nitrogen and oxygen atoms in total. The molecule has 2 aromatic rings. The van der Waals surface area contributed by atoms with Crippen molar-refractivity contribution >= 4 is 11.6 Å². The number of nitrogens with two attached hydrogens (primary N) is 1. The number of hydrogen-bond donors (Lipinski definition) is 1. The molecule has 1 aromatic heterocycles. The molecule has 0 fully saturated rings. The summed E-state index contributed by atoms with van der Waals surface area (Å²) >= 11 is 0. The predicted octanol–water partition coefficient (Wildman–Crippen LogP) is 0.276. The first kappa shape index (κ1) is 12.6. The van der Waals surface area contributed by atoms with Gasteiger partial charge in [0.15, 0.2) is 5.69 Å². The van der Waals surface area contributed by atoms with Crippen LogP contribution in [0, 0.1) is 0 Å². The van der Waals surface area contributed by atoms with Gasteiger partial charge in [0.1, 0.15) is 12.4 Å². The van der Waals surface area contributed by atoms with Gasteiger partial charge in [-0.05, 0) is 12.1 Å². The minimum absolute atomic E-state index is 0.177. The molecule has 104 valence electrons. The first-order valence-corrected chi connectivity index (χ1v) is 6.43. The number of rotatable bonds is 3. The Kier molecular flexibility index (Phi) is 3.34. The van der Waals surface area contributed by atoms with Crippen molar-refractivity contribution in [1.29, 1.82) is 0 Å². The smallest absolute Gasteiger partial charge is 0.280 e. The number of carbonyl (C=O) groups excluding carboxylic acids is 1. The van der Waals surface area contributed by atoms with Crippen LogP contribution in [0.4, 0.5) is 5.69 Å². The van der Waals surface area contributed by atoms with Crippen LogP contribution in [0.25, 0.3) is 0 Å². The Hall–Kier alpha value is -2.41. The van der Waals surface area contributed by atoms with Crippen molar-refractivity contribution in [2.24, 2.45) is 5.73 Å². The van der Waals surface area contributed by atoms with E-state index >= 15 is 0 Å². The first-order valence-electron chi connectivity index (χ1n) is 6.43. The fourth-order valence-electron chi connectivity index (χ4n) is 2.16. The SMILES string of the molecule is NCCn1cc(C(=O)N2CCOc3ccccc32)nn1. The molecule has 1 aromatic carbocycles. The molecule has 0 atom stereocenters. The van der Waals surface area contributed by atoms with E-state index in [1.807, 2.05) is 24.3 Å². The van der Waals surface area contributed by atoms with Gasteiger partial charge in [-0.25, -0.2) is 0 Å². The molecule has 1 aliphatic rings. The molecule has 3 rings (SSSR count). The quantitative estimate of drug-likeness (QED) is 0.867. The zero-order chi connectivity index (χ0) is 13.9. The minimum atomic E-state index is -0.177. The number of hydrogen-bond acceptors (Lipinski definition) is 5. The number of nitrogens with zero attached hydrogens (tertiary/aromatic N) is 4. The highest BCUT2D eigenvalue weighted by atomic mass is 16.5. The van der Waals surface area contributed by atoms with Crippen molar-refractivity contribution in [3.63, 3.8) is 0 Å². The summed E-state index contributed by atoms with van der Waals surface area (Å²) in [4.78, 5) is 14.2. The molecule has 7 heteroatoms. The standard InChI is InChI=1S/C13H15N5O2/c14-5-6-17-9-10(15-16-17)13(19)18-7-8-20-12-4-2-1-3-11(12)18/h1-4,9H,5-8,14H2. The fraction of sp³-hybridized carbons (Fsp3) is 0.308. The number of aromatic nitrogens is 3. The van der Waals surface area contributed by atoms with Gasteiger partial charge in [-0.2, -0.15) is 0 Å². The highest BCUT2D eigenvalue weighted by Gasteiger charge is 2.26. The van der Waals surface area contributed by atoms with Gasteiger partial charge < -0.3 is 10.5 Å². The van der Waals surface area contributed by atoms with E-state index in [0.29, 0.717) is 37.7 Å². The van der Waals surface area contributed by atoms with Gasteiger partial charge in [-0.3, -0.25) is 14.4 Å². The Morgan fingerprint density at radius 1 is 1.40 bits per heavy atom. The molecule has 0 spiro atoms.